The molecule has 1 aromatic heterocycles. The zero-order valence-electron chi connectivity index (χ0n) is 14.0. The molecule has 122 valence electrons. The Morgan fingerprint density at radius 2 is 1.84 bits per heavy atom. The molecule has 0 fully saturated rings. The third-order valence-electron chi connectivity index (χ3n) is 3.63. The van der Waals surface area contributed by atoms with Crippen LogP contribution in [0.4, 0.5) is 5.69 Å². The number of pyridine rings is 1. The molecule has 0 unspecified atom stereocenters. The molecule has 0 saturated carbocycles. The zero-order valence-corrected chi connectivity index (χ0v) is 14.0. The molecule has 3 rings (SSSR count). The molecule has 0 spiro atoms. The number of carbonyl (C=O) groups is 1. The summed E-state index contributed by atoms with van der Waals surface area (Å²) < 4.78 is 0. The number of amides is 1. The largest absolute Gasteiger partial charge is 0.326 e. The summed E-state index contributed by atoms with van der Waals surface area (Å²) in [6.45, 7) is 2.03. The summed E-state index contributed by atoms with van der Waals surface area (Å²) in [6.07, 6.45) is 2.07. The Hall–Kier alpha value is -3.38. The number of hydrogen-bond donors (Lipinski definition) is 1. The minimum absolute atomic E-state index is 0.0429. The van der Waals surface area contributed by atoms with Gasteiger partial charge in [0.05, 0.1) is 6.42 Å². The van der Waals surface area contributed by atoms with Crippen molar-refractivity contribution >= 4 is 11.6 Å². The maximum Gasteiger partial charge on any atom is 0.228 e. The summed E-state index contributed by atoms with van der Waals surface area (Å²) in [5, 5.41) is 2.92. The van der Waals surface area contributed by atoms with E-state index < -0.39 is 0 Å². The molecular formula is C22H18N2O. The topological polar surface area (TPSA) is 42.0 Å². The van der Waals surface area contributed by atoms with Gasteiger partial charge in [-0.05, 0) is 48.7 Å². The smallest absolute Gasteiger partial charge is 0.228 e. The van der Waals surface area contributed by atoms with E-state index in [1.54, 1.807) is 6.20 Å². The van der Waals surface area contributed by atoms with Crippen LogP contribution in [0.2, 0.25) is 0 Å². The van der Waals surface area contributed by atoms with Gasteiger partial charge in [-0.15, -0.1) is 0 Å². The molecule has 3 heteroatoms. The number of aryl methyl sites for hydroxylation is 1. The lowest BCUT2D eigenvalue weighted by Crippen LogP contribution is -2.14. The van der Waals surface area contributed by atoms with E-state index in [1.165, 1.54) is 5.56 Å². The fraction of sp³-hybridized carbons (Fsp3) is 0.0909. The van der Waals surface area contributed by atoms with Gasteiger partial charge >= 0.3 is 0 Å². The summed E-state index contributed by atoms with van der Waals surface area (Å²) in [4.78, 5) is 16.4. The van der Waals surface area contributed by atoms with Crippen LogP contribution >= 0.6 is 0 Å². The molecule has 3 nitrogen and oxygen atoms in total. The number of nitrogens with zero attached hydrogens (tertiary/aromatic N) is 1. The summed E-state index contributed by atoms with van der Waals surface area (Å²) in [6, 6.07) is 21.1. The van der Waals surface area contributed by atoms with E-state index in [0.717, 1.165) is 22.5 Å². The van der Waals surface area contributed by atoms with E-state index in [2.05, 4.69) is 22.1 Å². The maximum atomic E-state index is 12.2. The first-order valence-corrected chi connectivity index (χ1v) is 8.07. The lowest BCUT2D eigenvalue weighted by Gasteiger charge is -2.06. The van der Waals surface area contributed by atoms with Crippen molar-refractivity contribution < 1.29 is 4.79 Å². The molecule has 1 amide bonds. The summed E-state index contributed by atoms with van der Waals surface area (Å²) in [5.41, 5.74) is 4.47. The SMILES string of the molecule is Cc1ccc(CC(=O)Nc2cccc(C#Cc3ccccn3)c2)cc1. The number of hydrogen-bond acceptors (Lipinski definition) is 2. The maximum absolute atomic E-state index is 12.2. The molecule has 1 heterocycles. The van der Waals surface area contributed by atoms with Crippen LogP contribution in [0.5, 0.6) is 0 Å². The molecule has 0 saturated heterocycles. The van der Waals surface area contributed by atoms with Crippen molar-refractivity contribution in [3.8, 4) is 11.8 Å². The van der Waals surface area contributed by atoms with Crippen molar-refractivity contribution in [3.63, 3.8) is 0 Å². The number of nitrogens with one attached hydrogen (secondary N) is 1. The predicted octanol–water partition coefficient (Wildman–Crippen LogP) is 3.97. The zero-order chi connectivity index (χ0) is 17.5. The fourth-order valence-electron chi connectivity index (χ4n) is 2.34. The lowest BCUT2D eigenvalue weighted by molar-refractivity contribution is -0.115. The second-order valence-electron chi connectivity index (χ2n) is 5.76. The second kappa shape index (κ2) is 7.94. The standard InChI is InChI=1S/C22H18N2O/c1-17-8-10-19(11-9-17)16-22(25)24-21-7-4-5-18(15-21)12-13-20-6-2-3-14-23-20/h2-11,14-15H,16H2,1H3,(H,24,25). The Morgan fingerprint density at radius 3 is 2.60 bits per heavy atom. The molecule has 25 heavy (non-hydrogen) atoms. The van der Waals surface area contributed by atoms with Crippen LogP contribution < -0.4 is 5.32 Å². The van der Waals surface area contributed by atoms with Crippen LogP contribution in [0.1, 0.15) is 22.4 Å². The van der Waals surface area contributed by atoms with E-state index in [9.17, 15) is 4.79 Å². The molecule has 0 atom stereocenters. The highest BCUT2D eigenvalue weighted by molar-refractivity contribution is 5.92. The third kappa shape index (κ3) is 5.05. The molecule has 0 aliphatic carbocycles. The van der Waals surface area contributed by atoms with Gasteiger partial charge in [-0.2, -0.15) is 0 Å². The van der Waals surface area contributed by atoms with E-state index in [-0.39, 0.29) is 5.91 Å². The fourth-order valence-corrected chi connectivity index (χ4v) is 2.34. The van der Waals surface area contributed by atoms with Gasteiger partial charge in [0.2, 0.25) is 5.91 Å². The summed E-state index contributed by atoms with van der Waals surface area (Å²) in [5.74, 6) is 6.04. The summed E-state index contributed by atoms with van der Waals surface area (Å²) >= 11 is 0. The van der Waals surface area contributed by atoms with Crippen molar-refractivity contribution in [1.82, 2.24) is 4.98 Å². The number of anilines is 1. The van der Waals surface area contributed by atoms with Gasteiger partial charge in [0.1, 0.15) is 5.69 Å². The van der Waals surface area contributed by atoms with Crippen molar-refractivity contribution in [2.45, 2.75) is 13.3 Å². The van der Waals surface area contributed by atoms with Gasteiger partial charge in [0.15, 0.2) is 0 Å². The first kappa shape index (κ1) is 16.5. The minimum atomic E-state index is -0.0429. The molecule has 2 aromatic carbocycles. The molecule has 0 aliphatic rings. The average Bonchev–Trinajstić information content (AvgIpc) is 2.63. The highest BCUT2D eigenvalue weighted by Gasteiger charge is 2.04. The van der Waals surface area contributed by atoms with Gasteiger partial charge in [0, 0.05) is 17.4 Å². The Labute approximate surface area is 147 Å². The number of rotatable bonds is 3. The number of carbonyl (C=O) groups excluding carboxylic acids is 1. The highest BCUT2D eigenvalue weighted by atomic mass is 16.1. The molecule has 0 radical (unpaired) electrons. The van der Waals surface area contributed by atoms with Crippen LogP contribution in [0, 0.1) is 18.8 Å². The van der Waals surface area contributed by atoms with Gasteiger partial charge in [-0.3, -0.25) is 4.79 Å². The summed E-state index contributed by atoms with van der Waals surface area (Å²) in [7, 11) is 0. The van der Waals surface area contributed by atoms with Crippen molar-refractivity contribution in [2.75, 3.05) is 5.32 Å². The first-order chi connectivity index (χ1) is 12.2. The molecule has 1 N–H and O–H groups in total. The number of benzene rings is 2. The third-order valence-corrected chi connectivity index (χ3v) is 3.63. The predicted molar refractivity (Wildman–Crippen MR) is 100 cm³/mol. The van der Waals surface area contributed by atoms with E-state index in [1.807, 2.05) is 73.7 Å². The van der Waals surface area contributed by atoms with E-state index >= 15 is 0 Å². The monoisotopic (exact) mass is 326 g/mol. The van der Waals surface area contributed by atoms with Crippen LogP contribution in [-0.4, -0.2) is 10.9 Å². The van der Waals surface area contributed by atoms with Gasteiger partial charge in [0.25, 0.3) is 0 Å². The Balaban J connectivity index is 1.66. The Bertz CT molecular complexity index is 919. The van der Waals surface area contributed by atoms with Gasteiger partial charge in [-0.1, -0.05) is 47.9 Å². The Morgan fingerprint density at radius 1 is 1.00 bits per heavy atom. The molecule has 0 aliphatic heterocycles. The average molecular weight is 326 g/mol. The van der Waals surface area contributed by atoms with Gasteiger partial charge in [-0.25, -0.2) is 4.98 Å². The van der Waals surface area contributed by atoms with E-state index in [4.69, 9.17) is 0 Å². The number of aromatic nitrogens is 1. The normalized spacial score (nSPS) is 9.80. The highest BCUT2D eigenvalue weighted by Crippen LogP contribution is 2.11. The lowest BCUT2D eigenvalue weighted by atomic mass is 10.1. The van der Waals surface area contributed by atoms with Gasteiger partial charge < -0.3 is 5.32 Å². The van der Waals surface area contributed by atoms with Crippen LogP contribution in [0.25, 0.3) is 0 Å². The minimum Gasteiger partial charge on any atom is -0.326 e. The van der Waals surface area contributed by atoms with Crippen LogP contribution in [0.15, 0.2) is 72.9 Å². The van der Waals surface area contributed by atoms with E-state index in [0.29, 0.717) is 6.42 Å². The molecular weight excluding hydrogens is 308 g/mol. The van der Waals surface area contributed by atoms with Crippen molar-refractivity contribution in [3.05, 3.63) is 95.3 Å². The van der Waals surface area contributed by atoms with Crippen molar-refractivity contribution in [1.29, 1.82) is 0 Å². The second-order valence-corrected chi connectivity index (χ2v) is 5.76. The molecule has 0 bridgehead atoms. The Kier molecular flexibility index (Phi) is 5.23. The van der Waals surface area contributed by atoms with Crippen molar-refractivity contribution in [2.24, 2.45) is 0 Å². The first-order valence-electron chi connectivity index (χ1n) is 8.07. The van der Waals surface area contributed by atoms with Crippen LogP contribution in [0.3, 0.4) is 0 Å². The quantitative estimate of drug-likeness (QED) is 0.740. The van der Waals surface area contributed by atoms with Crippen LogP contribution in [-0.2, 0) is 11.2 Å². The molecule has 3 aromatic rings.